The molecule has 1 saturated heterocycles. The SMILES string of the molecule is C=CC[C@@H]1C/C(=C/c2ccccc2)[C@@H](CCc2ccccc2)O1. The molecule has 1 fully saturated rings. The first-order valence-corrected chi connectivity index (χ1v) is 8.41. The fraction of sp³-hybridized carbons (Fsp3) is 0.273. The Balaban J connectivity index is 1.72. The van der Waals surface area contributed by atoms with Crippen LogP contribution in [-0.4, -0.2) is 12.2 Å². The minimum Gasteiger partial charge on any atom is -0.370 e. The molecular formula is C22H24O. The van der Waals surface area contributed by atoms with Crippen molar-refractivity contribution in [3.63, 3.8) is 0 Å². The molecule has 118 valence electrons. The van der Waals surface area contributed by atoms with Crippen molar-refractivity contribution in [3.05, 3.63) is 90.0 Å². The minimum absolute atomic E-state index is 0.223. The molecule has 0 aliphatic carbocycles. The molecule has 1 heteroatoms. The molecular weight excluding hydrogens is 280 g/mol. The lowest BCUT2D eigenvalue weighted by Crippen LogP contribution is -2.12. The van der Waals surface area contributed by atoms with Crippen LogP contribution < -0.4 is 0 Å². The molecule has 3 rings (SSSR count). The Hall–Kier alpha value is -2.12. The Morgan fingerprint density at radius 1 is 1.00 bits per heavy atom. The molecule has 0 saturated carbocycles. The monoisotopic (exact) mass is 304 g/mol. The van der Waals surface area contributed by atoms with Gasteiger partial charge >= 0.3 is 0 Å². The summed E-state index contributed by atoms with van der Waals surface area (Å²) in [6, 6.07) is 21.2. The van der Waals surface area contributed by atoms with Gasteiger partial charge in [-0.3, -0.25) is 0 Å². The first kappa shape index (κ1) is 15.8. The second kappa shape index (κ2) is 7.94. The van der Waals surface area contributed by atoms with Gasteiger partial charge in [-0.2, -0.15) is 0 Å². The Morgan fingerprint density at radius 3 is 2.39 bits per heavy atom. The van der Waals surface area contributed by atoms with Crippen LogP contribution in [0.3, 0.4) is 0 Å². The van der Waals surface area contributed by atoms with Crippen LogP contribution in [0.1, 0.15) is 30.4 Å². The Morgan fingerprint density at radius 2 is 1.70 bits per heavy atom. The normalized spacial score (nSPS) is 22.3. The van der Waals surface area contributed by atoms with Crippen LogP contribution in [0.5, 0.6) is 0 Å². The fourth-order valence-corrected chi connectivity index (χ4v) is 3.20. The summed E-state index contributed by atoms with van der Waals surface area (Å²) in [6.45, 7) is 3.85. The van der Waals surface area contributed by atoms with E-state index >= 15 is 0 Å². The topological polar surface area (TPSA) is 9.23 Å². The Bertz CT molecular complexity index is 642. The zero-order valence-corrected chi connectivity index (χ0v) is 13.5. The highest BCUT2D eigenvalue weighted by Crippen LogP contribution is 2.32. The third-order valence-corrected chi connectivity index (χ3v) is 4.35. The van der Waals surface area contributed by atoms with E-state index in [9.17, 15) is 0 Å². The molecule has 1 nitrogen and oxygen atoms in total. The highest BCUT2D eigenvalue weighted by molar-refractivity contribution is 5.54. The molecule has 2 atom stereocenters. The van der Waals surface area contributed by atoms with E-state index in [1.54, 1.807) is 0 Å². The lowest BCUT2D eigenvalue weighted by Gasteiger charge is -2.13. The van der Waals surface area contributed by atoms with Gasteiger partial charge in [0.15, 0.2) is 0 Å². The summed E-state index contributed by atoms with van der Waals surface area (Å²) in [5.41, 5.74) is 4.05. The first-order chi connectivity index (χ1) is 11.3. The molecule has 1 aliphatic heterocycles. The summed E-state index contributed by atoms with van der Waals surface area (Å²) >= 11 is 0. The molecule has 0 radical (unpaired) electrons. The number of hydrogen-bond acceptors (Lipinski definition) is 1. The van der Waals surface area contributed by atoms with Crippen LogP contribution in [-0.2, 0) is 11.2 Å². The molecule has 23 heavy (non-hydrogen) atoms. The largest absolute Gasteiger partial charge is 0.370 e. The quantitative estimate of drug-likeness (QED) is 0.646. The predicted octanol–water partition coefficient (Wildman–Crippen LogP) is 5.44. The molecule has 2 aromatic carbocycles. The molecule has 0 aromatic heterocycles. The Kier molecular flexibility index (Phi) is 5.44. The average molecular weight is 304 g/mol. The van der Waals surface area contributed by atoms with Crippen LogP contribution in [0, 0.1) is 0 Å². The van der Waals surface area contributed by atoms with Gasteiger partial charge in [0.2, 0.25) is 0 Å². The minimum atomic E-state index is 0.223. The van der Waals surface area contributed by atoms with Crippen LogP contribution in [0.15, 0.2) is 78.9 Å². The van der Waals surface area contributed by atoms with Crippen LogP contribution in [0.2, 0.25) is 0 Å². The van der Waals surface area contributed by atoms with E-state index in [-0.39, 0.29) is 12.2 Å². The molecule has 1 heterocycles. The zero-order chi connectivity index (χ0) is 15.9. The smallest absolute Gasteiger partial charge is 0.0796 e. The molecule has 0 bridgehead atoms. The standard InChI is InChI=1S/C22H24O/c1-2-9-21-17-20(16-19-12-7-4-8-13-19)22(23-21)15-14-18-10-5-3-6-11-18/h2-8,10-13,16,21-22H,1,9,14-15,17H2/b20-16-/t21-,22-/m1/s1. The van der Waals surface area contributed by atoms with E-state index in [0.717, 1.165) is 25.7 Å². The second-order valence-corrected chi connectivity index (χ2v) is 6.13. The van der Waals surface area contributed by atoms with E-state index in [4.69, 9.17) is 4.74 Å². The van der Waals surface area contributed by atoms with E-state index in [1.165, 1.54) is 16.7 Å². The van der Waals surface area contributed by atoms with Crippen molar-refractivity contribution in [1.82, 2.24) is 0 Å². The third kappa shape index (κ3) is 4.43. The van der Waals surface area contributed by atoms with Crippen molar-refractivity contribution < 1.29 is 4.74 Å². The third-order valence-electron chi connectivity index (χ3n) is 4.35. The number of aryl methyl sites for hydroxylation is 1. The maximum absolute atomic E-state index is 6.27. The van der Waals surface area contributed by atoms with Gasteiger partial charge < -0.3 is 4.74 Å². The zero-order valence-electron chi connectivity index (χ0n) is 13.5. The van der Waals surface area contributed by atoms with Crippen molar-refractivity contribution in [1.29, 1.82) is 0 Å². The molecule has 1 aliphatic rings. The maximum atomic E-state index is 6.27. The van der Waals surface area contributed by atoms with Crippen LogP contribution in [0.25, 0.3) is 6.08 Å². The molecule has 0 spiro atoms. The average Bonchev–Trinajstić information content (AvgIpc) is 2.97. The highest BCUT2D eigenvalue weighted by Gasteiger charge is 2.28. The molecule has 0 unspecified atom stereocenters. The van der Waals surface area contributed by atoms with Crippen molar-refractivity contribution in [2.75, 3.05) is 0 Å². The van der Waals surface area contributed by atoms with E-state index in [2.05, 4.69) is 73.3 Å². The van der Waals surface area contributed by atoms with Crippen molar-refractivity contribution >= 4 is 6.08 Å². The number of ether oxygens (including phenoxy) is 1. The van der Waals surface area contributed by atoms with Crippen molar-refractivity contribution in [2.24, 2.45) is 0 Å². The van der Waals surface area contributed by atoms with E-state index < -0.39 is 0 Å². The first-order valence-electron chi connectivity index (χ1n) is 8.41. The lowest BCUT2D eigenvalue weighted by atomic mass is 9.97. The summed E-state index contributed by atoms with van der Waals surface area (Å²) in [5, 5.41) is 0. The summed E-state index contributed by atoms with van der Waals surface area (Å²) in [4.78, 5) is 0. The van der Waals surface area contributed by atoms with Gasteiger partial charge in [-0.15, -0.1) is 6.58 Å². The van der Waals surface area contributed by atoms with Gasteiger partial charge in [0.25, 0.3) is 0 Å². The lowest BCUT2D eigenvalue weighted by molar-refractivity contribution is 0.0505. The second-order valence-electron chi connectivity index (χ2n) is 6.13. The van der Waals surface area contributed by atoms with Gasteiger partial charge in [0.1, 0.15) is 0 Å². The van der Waals surface area contributed by atoms with Gasteiger partial charge in [-0.05, 0) is 42.4 Å². The summed E-state index contributed by atoms with van der Waals surface area (Å²) in [5.74, 6) is 0. The van der Waals surface area contributed by atoms with Crippen LogP contribution in [0.4, 0.5) is 0 Å². The molecule has 2 aromatic rings. The summed E-state index contributed by atoms with van der Waals surface area (Å²) in [7, 11) is 0. The van der Waals surface area contributed by atoms with E-state index in [0.29, 0.717) is 0 Å². The van der Waals surface area contributed by atoms with Crippen molar-refractivity contribution in [3.8, 4) is 0 Å². The molecule has 0 amide bonds. The van der Waals surface area contributed by atoms with Gasteiger partial charge in [0.05, 0.1) is 12.2 Å². The maximum Gasteiger partial charge on any atom is 0.0796 e. The predicted molar refractivity (Wildman–Crippen MR) is 97.3 cm³/mol. The summed E-state index contributed by atoms with van der Waals surface area (Å²) in [6.07, 6.45) is 8.80. The fourth-order valence-electron chi connectivity index (χ4n) is 3.20. The van der Waals surface area contributed by atoms with Gasteiger partial charge in [0, 0.05) is 0 Å². The highest BCUT2D eigenvalue weighted by atomic mass is 16.5. The number of hydrogen-bond donors (Lipinski definition) is 0. The molecule has 0 N–H and O–H groups in total. The summed E-state index contributed by atoms with van der Waals surface area (Å²) < 4.78 is 6.27. The van der Waals surface area contributed by atoms with Gasteiger partial charge in [-0.1, -0.05) is 72.8 Å². The van der Waals surface area contributed by atoms with Crippen molar-refractivity contribution in [2.45, 2.75) is 37.9 Å². The van der Waals surface area contributed by atoms with E-state index in [1.807, 2.05) is 6.08 Å². The van der Waals surface area contributed by atoms with Crippen LogP contribution >= 0.6 is 0 Å². The number of benzene rings is 2. The van der Waals surface area contributed by atoms with Gasteiger partial charge in [-0.25, -0.2) is 0 Å². The Labute approximate surface area is 139 Å². The number of rotatable bonds is 6.